The summed E-state index contributed by atoms with van der Waals surface area (Å²) in [6.45, 7) is 13.8. The summed E-state index contributed by atoms with van der Waals surface area (Å²) in [4.78, 5) is 38.2. The molecule has 0 aromatic carbocycles. The molecule has 68 heavy (non-hydrogen) atoms. The molecule has 0 unspecified atom stereocenters. The van der Waals surface area contributed by atoms with Gasteiger partial charge in [-0.2, -0.15) is 0 Å². The number of carbonyl (C=O) groups is 3. The Hall–Kier alpha value is -1.59. The van der Waals surface area contributed by atoms with Crippen LogP contribution >= 0.6 is 0 Å². The minimum Gasteiger partial charge on any atom is -0.462 e. The summed E-state index contributed by atoms with van der Waals surface area (Å²) in [6, 6.07) is 0. The number of rotatable bonds is 55. The van der Waals surface area contributed by atoms with Gasteiger partial charge in [-0.3, -0.25) is 14.4 Å². The van der Waals surface area contributed by atoms with Crippen LogP contribution in [0.25, 0.3) is 0 Å². The monoisotopic (exact) mass is 961 g/mol. The van der Waals surface area contributed by atoms with Gasteiger partial charge in [0.1, 0.15) is 13.2 Å². The van der Waals surface area contributed by atoms with Crippen molar-refractivity contribution in [2.45, 2.75) is 349 Å². The third kappa shape index (κ3) is 55.3. The van der Waals surface area contributed by atoms with Gasteiger partial charge in [-0.15, -0.1) is 0 Å². The molecule has 6 nitrogen and oxygen atoms in total. The Balaban J connectivity index is 4.27. The molecule has 0 aliphatic rings. The standard InChI is InChI=1S/C62H120O6/c1-56(2)48-42-36-30-24-18-13-11-9-7-8-10-12-14-22-29-35-41-47-53-62(65)68-59(55-67-61(64)52-46-40-34-28-23-17-20-26-32-38-44-50-58(5)6)54-66-60(63)51-45-39-33-27-21-16-15-19-25-31-37-43-49-57(3)4/h56-59H,7-55H2,1-6H3/t59-/m0/s1. The van der Waals surface area contributed by atoms with Crippen molar-refractivity contribution >= 4 is 17.9 Å². The molecule has 0 aromatic rings. The van der Waals surface area contributed by atoms with Crippen LogP contribution in [-0.4, -0.2) is 37.2 Å². The SMILES string of the molecule is CC(C)CCCCCCCCCCCCCCCCCCCCC(=O)O[C@@H](COC(=O)CCCCCCCCCCCCCCC(C)C)COC(=O)CCCCCCCCCCCCCC(C)C. The van der Waals surface area contributed by atoms with Crippen molar-refractivity contribution in [1.82, 2.24) is 0 Å². The van der Waals surface area contributed by atoms with Crippen molar-refractivity contribution in [3.63, 3.8) is 0 Å². The second-order valence-corrected chi connectivity index (χ2v) is 22.8. The van der Waals surface area contributed by atoms with Crippen LogP contribution in [0, 0.1) is 17.8 Å². The van der Waals surface area contributed by atoms with Gasteiger partial charge in [0.15, 0.2) is 6.10 Å². The quantitative estimate of drug-likeness (QED) is 0.0343. The summed E-state index contributed by atoms with van der Waals surface area (Å²) < 4.78 is 16.9. The Kier molecular flexibility index (Phi) is 52.0. The second kappa shape index (κ2) is 53.2. The fourth-order valence-electron chi connectivity index (χ4n) is 9.53. The van der Waals surface area contributed by atoms with Crippen LogP contribution in [0.3, 0.4) is 0 Å². The average molecular weight is 962 g/mol. The molecule has 0 aliphatic heterocycles. The van der Waals surface area contributed by atoms with Gasteiger partial charge < -0.3 is 14.2 Å². The lowest BCUT2D eigenvalue weighted by Crippen LogP contribution is -2.30. The molecule has 0 rings (SSSR count). The highest BCUT2D eigenvalue weighted by molar-refractivity contribution is 5.71. The van der Waals surface area contributed by atoms with E-state index in [-0.39, 0.29) is 31.1 Å². The summed E-state index contributed by atoms with van der Waals surface area (Å²) in [5.74, 6) is 1.68. The van der Waals surface area contributed by atoms with E-state index in [0.29, 0.717) is 19.3 Å². The molecule has 0 aromatic heterocycles. The minimum atomic E-state index is -0.764. The van der Waals surface area contributed by atoms with Gasteiger partial charge in [-0.25, -0.2) is 0 Å². The van der Waals surface area contributed by atoms with E-state index in [4.69, 9.17) is 14.2 Å². The molecule has 0 radical (unpaired) electrons. The van der Waals surface area contributed by atoms with Crippen LogP contribution < -0.4 is 0 Å². The molecule has 0 aliphatic carbocycles. The Bertz CT molecular complexity index is 1050. The highest BCUT2D eigenvalue weighted by atomic mass is 16.6. The van der Waals surface area contributed by atoms with E-state index in [1.165, 1.54) is 225 Å². The first-order chi connectivity index (χ1) is 33.1. The molecule has 0 N–H and O–H groups in total. The molecule has 0 saturated carbocycles. The number of hydrogen-bond donors (Lipinski definition) is 0. The van der Waals surface area contributed by atoms with E-state index < -0.39 is 6.10 Å². The van der Waals surface area contributed by atoms with Crippen molar-refractivity contribution in [3.05, 3.63) is 0 Å². The first kappa shape index (κ1) is 66.4. The van der Waals surface area contributed by atoms with Gasteiger partial charge in [-0.1, -0.05) is 305 Å². The van der Waals surface area contributed by atoms with Crippen molar-refractivity contribution in [2.24, 2.45) is 17.8 Å². The first-order valence-corrected chi connectivity index (χ1v) is 30.6. The normalized spacial score (nSPS) is 12.1. The molecule has 0 fully saturated rings. The Morgan fingerprint density at radius 1 is 0.250 bits per heavy atom. The van der Waals surface area contributed by atoms with Gasteiger partial charge >= 0.3 is 17.9 Å². The third-order valence-electron chi connectivity index (χ3n) is 14.1. The summed E-state index contributed by atoms with van der Waals surface area (Å²) in [6.07, 6.45) is 56.7. The number of hydrogen-bond acceptors (Lipinski definition) is 6. The van der Waals surface area contributed by atoms with Gasteiger partial charge in [0.25, 0.3) is 0 Å². The number of esters is 3. The zero-order valence-electron chi connectivity index (χ0n) is 46.9. The third-order valence-corrected chi connectivity index (χ3v) is 14.1. The number of carbonyl (C=O) groups excluding carboxylic acids is 3. The van der Waals surface area contributed by atoms with Crippen LogP contribution in [-0.2, 0) is 28.6 Å². The smallest absolute Gasteiger partial charge is 0.306 e. The second-order valence-electron chi connectivity index (χ2n) is 22.8. The van der Waals surface area contributed by atoms with E-state index in [1.807, 2.05) is 0 Å². The lowest BCUT2D eigenvalue weighted by molar-refractivity contribution is -0.167. The van der Waals surface area contributed by atoms with Crippen molar-refractivity contribution < 1.29 is 28.6 Å². The molecule has 6 heteroatoms. The average Bonchev–Trinajstić information content (AvgIpc) is 3.30. The lowest BCUT2D eigenvalue weighted by atomic mass is 10.0. The van der Waals surface area contributed by atoms with E-state index in [9.17, 15) is 14.4 Å². The van der Waals surface area contributed by atoms with Gasteiger partial charge in [0, 0.05) is 19.3 Å². The Labute approximate surface area is 425 Å². The van der Waals surface area contributed by atoms with Gasteiger partial charge in [0.2, 0.25) is 0 Å². The molecule has 0 amide bonds. The molecule has 0 spiro atoms. The summed E-state index contributed by atoms with van der Waals surface area (Å²) in [7, 11) is 0. The summed E-state index contributed by atoms with van der Waals surface area (Å²) in [5, 5.41) is 0. The van der Waals surface area contributed by atoms with Crippen molar-refractivity contribution in [3.8, 4) is 0 Å². The minimum absolute atomic E-state index is 0.0632. The fraction of sp³-hybridized carbons (Fsp3) is 0.952. The van der Waals surface area contributed by atoms with Gasteiger partial charge in [-0.05, 0) is 37.0 Å². The van der Waals surface area contributed by atoms with Crippen LogP contribution in [0.5, 0.6) is 0 Å². The predicted molar refractivity (Wildman–Crippen MR) is 293 cm³/mol. The zero-order valence-corrected chi connectivity index (χ0v) is 46.9. The van der Waals surface area contributed by atoms with Crippen LogP contribution in [0.2, 0.25) is 0 Å². The first-order valence-electron chi connectivity index (χ1n) is 30.6. The lowest BCUT2D eigenvalue weighted by Gasteiger charge is -2.18. The van der Waals surface area contributed by atoms with E-state index in [0.717, 1.165) is 75.5 Å². The van der Waals surface area contributed by atoms with E-state index >= 15 is 0 Å². The Morgan fingerprint density at radius 2 is 0.426 bits per heavy atom. The number of unbranched alkanes of at least 4 members (excludes halogenated alkanes) is 38. The molecule has 0 saturated heterocycles. The van der Waals surface area contributed by atoms with Crippen molar-refractivity contribution in [2.75, 3.05) is 13.2 Å². The maximum atomic E-state index is 12.9. The van der Waals surface area contributed by atoms with Crippen LogP contribution in [0.4, 0.5) is 0 Å². The fourth-order valence-corrected chi connectivity index (χ4v) is 9.53. The zero-order chi connectivity index (χ0) is 49.8. The summed E-state index contributed by atoms with van der Waals surface area (Å²) >= 11 is 0. The highest BCUT2D eigenvalue weighted by Crippen LogP contribution is 2.19. The highest BCUT2D eigenvalue weighted by Gasteiger charge is 2.19. The van der Waals surface area contributed by atoms with Crippen LogP contribution in [0.1, 0.15) is 343 Å². The van der Waals surface area contributed by atoms with E-state index in [1.54, 1.807) is 0 Å². The molecule has 0 heterocycles. The molecule has 0 bridgehead atoms. The topological polar surface area (TPSA) is 78.9 Å². The molecular weight excluding hydrogens is 841 g/mol. The summed E-state index contributed by atoms with van der Waals surface area (Å²) in [5.41, 5.74) is 0. The molecule has 1 atom stereocenters. The predicted octanol–water partition coefficient (Wildman–Crippen LogP) is 20.3. The van der Waals surface area contributed by atoms with Gasteiger partial charge in [0.05, 0.1) is 0 Å². The maximum absolute atomic E-state index is 12.9. The molecular formula is C62H120O6. The Morgan fingerprint density at radius 3 is 0.632 bits per heavy atom. The maximum Gasteiger partial charge on any atom is 0.306 e. The molecule has 404 valence electrons. The van der Waals surface area contributed by atoms with Crippen LogP contribution in [0.15, 0.2) is 0 Å². The van der Waals surface area contributed by atoms with Crippen molar-refractivity contribution in [1.29, 1.82) is 0 Å². The van der Waals surface area contributed by atoms with E-state index in [2.05, 4.69) is 41.5 Å². The number of ether oxygens (including phenoxy) is 3. The largest absolute Gasteiger partial charge is 0.462 e.